The van der Waals surface area contributed by atoms with Crippen LogP contribution in [0.3, 0.4) is 0 Å². The molecule has 3 rings (SSSR count). The quantitative estimate of drug-likeness (QED) is 0.503. The normalized spacial score (nSPS) is 11.8. The summed E-state index contributed by atoms with van der Waals surface area (Å²) < 4.78 is 0.992. The van der Waals surface area contributed by atoms with Gasteiger partial charge in [0.2, 0.25) is 5.91 Å². The monoisotopic (exact) mass is 422 g/mol. The van der Waals surface area contributed by atoms with Crippen LogP contribution in [0.4, 0.5) is 5.69 Å². The lowest BCUT2D eigenvalue weighted by Gasteiger charge is -2.17. The van der Waals surface area contributed by atoms with Gasteiger partial charge in [-0.05, 0) is 66.4 Å². The van der Waals surface area contributed by atoms with Crippen LogP contribution in [0.1, 0.15) is 36.9 Å². The third-order valence-corrected chi connectivity index (χ3v) is 5.02. The first-order valence-corrected chi connectivity index (χ1v) is 9.95. The highest BCUT2D eigenvalue weighted by Gasteiger charge is 2.20. The van der Waals surface area contributed by atoms with Crippen molar-refractivity contribution in [1.82, 2.24) is 4.98 Å². The van der Waals surface area contributed by atoms with Crippen molar-refractivity contribution in [2.24, 2.45) is 0 Å². The summed E-state index contributed by atoms with van der Waals surface area (Å²) in [5, 5.41) is 3.07. The standard InChI is InChI=1S/C23H23BrN2O/c1-3-5-22(19-6-4-7-20(24)15-19)23(27)26-21-10-8-17(9-11-21)18-12-13-25-16(2)14-18/h4,6-15,22H,3,5H2,1-2H3,(H,26,27). The molecule has 3 nitrogen and oxygen atoms in total. The highest BCUT2D eigenvalue weighted by atomic mass is 79.9. The Morgan fingerprint density at radius 3 is 2.52 bits per heavy atom. The molecule has 1 heterocycles. The Kier molecular flexibility index (Phi) is 6.40. The van der Waals surface area contributed by atoms with E-state index in [0.717, 1.165) is 45.4 Å². The SMILES string of the molecule is CCCC(C(=O)Nc1ccc(-c2ccnc(C)c2)cc1)c1cccc(Br)c1. The summed E-state index contributed by atoms with van der Waals surface area (Å²) in [5.41, 5.74) is 5.06. The Bertz CT molecular complexity index is 922. The Balaban J connectivity index is 1.76. The second kappa shape index (κ2) is 8.96. The van der Waals surface area contributed by atoms with E-state index in [1.807, 2.05) is 67.7 Å². The van der Waals surface area contributed by atoms with Gasteiger partial charge in [-0.3, -0.25) is 9.78 Å². The molecule has 1 aromatic heterocycles. The third kappa shape index (κ3) is 5.04. The number of anilines is 1. The average Bonchev–Trinajstić information content (AvgIpc) is 2.66. The summed E-state index contributed by atoms with van der Waals surface area (Å²) in [6.07, 6.45) is 3.58. The summed E-state index contributed by atoms with van der Waals surface area (Å²) in [7, 11) is 0. The topological polar surface area (TPSA) is 42.0 Å². The Labute approximate surface area is 169 Å². The molecule has 0 saturated carbocycles. The van der Waals surface area contributed by atoms with Gasteiger partial charge in [-0.15, -0.1) is 0 Å². The van der Waals surface area contributed by atoms with Crippen molar-refractivity contribution in [3.05, 3.63) is 82.6 Å². The summed E-state index contributed by atoms with van der Waals surface area (Å²) >= 11 is 3.50. The molecule has 0 aliphatic rings. The number of carbonyl (C=O) groups is 1. The molecule has 0 aliphatic carbocycles. The molecule has 138 valence electrons. The van der Waals surface area contributed by atoms with E-state index >= 15 is 0 Å². The molecule has 3 aromatic rings. The Morgan fingerprint density at radius 1 is 1.07 bits per heavy atom. The number of benzene rings is 2. The minimum Gasteiger partial charge on any atom is -0.326 e. The molecule has 0 spiro atoms. The maximum atomic E-state index is 12.9. The first kappa shape index (κ1) is 19.3. The third-order valence-electron chi connectivity index (χ3n) is 4.53. The van der Waals surface area contributed by atoms with Crippen molar-refractivity contribution >= 4 is 27.5 Å². The van der Waals surface area contributed by atoms with Gasteiger partial charge >= 0.3 is 0 Å². The van der Waals surface area contributed by atoms with Crippen molar-refractivity contribution in [2.75, 3.05) is 5.32 Å². The van der Waals surface area contributed by atoms with Crippen LogP contribution < -0.4 is 5.32 Å². The molecule has 1 amide bonds. The van der Waals surface area contributed by atoms with Crippen LogP contribution in [-0.2, 0) is 4.79 Å². The Hall–Kier alpha value is -2.46. The molecule has 0 fully saturated rings. The van der Waals surface area contributed by atoms with E-state index in [9.17, 15) is 4.79 Å². The molecule has 0 bridgehead atoms. The van der Waals surface area contributed by atoms with Gasteiger partial charge in [-0.1, -0.05) is 53.5 Å². The number of carbonyl (C=O) groups excluding carboxylic acids is 1. The van der Waals surface area contributed by atoms with Crippen LogP contribution in [0.2, 0.25) is 0 Å². The van der Waals surface area contributed by atoms with Crippen LogP contribution in [-0.4, -0.2) is 10.9 Å². The molecule has 0 aliphatic heterocycles. The van der Waals surface area contributed by atoms with Crippen molar-refractivity contribution in [3.63, 3.8) is 0 Å². The highest BCUT2D eigenvalue weighted by molar-refractivity contribution is 9.10. The molecule has 4 heteroatoms. The predicted octanol–water partition coefficient (Wildman–Crippen LogP) is 6.34. The van der Waals surface area contributed by atoms with Crippen LogP contribution in [0.15, 0.2) is 71.3 Å². The van der Waals surface area contributed by atoms with Crippen LogP contribution in [0.25, 0.3) is 11.1 Å². The molecule has 1 unspecified atom stereocenters. The zero-order valence-electron chi connectivity index (χ0n) is 15.6. The lowest BCUT2D eigenvalue weighted by atomic mass is 9.93. The van der Waals surface area contributed by atoms with Crippen LogP contribution >= 0.6 is 15.9 Å². The smallest absolute Gasteiger partial charge is 0.231 e. The van der Waals surface area contributed by atoms with Crippen molar-refractivity contribution < 1.29 is 4.79 Å². The number of amides is 1. The molecule has 1 N–H and O–H groups in total. The summed E-state index contributed by atoms with van der Waals surface area (Å²) in [5.74, 6) is -0.127. The number of nitrogens with one attached hydrogen (secondary N) is 1. The van der Waals surface area contributed by atoms with E-state index < -0.39 is 0 Å². The van der Waals surface area contributed by atoms with E-state index in [2.05, 4.69) is 39.2 Å². The molecular formula is C23H23BrN2O. The van der Waals surface area contributed by atoms with E-state index in [1.165, 1.54) is 0 Å². The molecule has 27 heavy (non-hydrogen) atoms. The van der Waals surface area contributed by atoms with Gasteiger partial charge in [0.05, 0.1) is 5.92 Å². The number of pyridine rings is 1. The van der Waals surface area contributed by atoms with Gasteiger partial charge < -0.3 is 5.32 Å². The molecule has 0 saturated heterocycles. The van der Waals surface area contributed by atoms with Gasteiger partial charge in [-0.25, -0.2) is 0 Å². The Morgan fingerprint density at radius 2 is 1.85 bits per heavy atom. The minimum atomic E-state index is -0.157. The summed E-state index contributed by atoms with van der Waals surface area (Å²) in [4.78, 5) is 17.1. The lowest BCUT2D eigenvalue weighted by molar-refractivity contribution is -0.117. The second-order valence-corrected chi connectivity index (χ2v) is 7.56. The number of nitrogens with zero attached hydrogens (tertiary/aromatic N) is 1. The molecule has 0 radical (unpaired) electrons. The van der Waals surface area contributed by atoms with Gasteiger partial charge in [-0.2, -0.15) is 0 Å². The van der Waals surface area contributed by atoms with E-state index in [-0.39, 0.29) is 11.8 Å². The van der Waals surface area contributed by atoms with Crippen molar-refractivity contribution in [3.8, 4) is 11.1 Å². The molecule has 1 atom stereocenters. The van der Waals surface area contributed by atoms with Crippen LogP contribution in [0.5, 0.6) is 0 Å². The number of halogens is 1. The first-order chi connectivity index (χ1) is 13.1. The summed E-state index contributed by atoms with van der Waals surface area (Å²) in [6.45, 7) is 4.08. The molecular weight excluding hydrogens is 400 g/mol. The fourth-order valence-corrected chi connectivity index (χ4v) is 3.58. The fourth-order valence-electron chi connectivity index (χ4n) is 3.16. The number of hydrogen-bond acceptors (Lipinski definition) is 2. The second-order valence-electron chi connectivity index (χ2n) is 6.65. The maximum Gasteiger partial charge on any atom is 0.231 e. The number of aromatic nitrogens is 1. The van der Waals surface area contributed by atoms with E-state index in [0.29, 0.717) is 0 Å². The number of hydrogen-bond donors (Lipinski definition) is 1. The minimum absolute atomic E-state index is 0.0301. The lowest BCUT2D eigenvalue weighted by Crippen LogP contribution is -2.21. The van der Waals surface area contributed by atoms with Gasteiger partial charge in [0.1, 0.15) is 0 Å². The average molecular weight is 423 g/mol. The van der Waals surface area contributed by atoms with Gasteiger partial charge in [0.15, 0.2) is 0 Å². The van der Waals surface area contributed by atoms with Gasteiger partial charge in [0, 0.05) is 22.1 Å². The highest BCUT2D eigenvalue weighted by Crippen LogP contribution is 2.27. The van der Waals surface area contributed by atoms with Crippen molar-refractivity contribution in [2.45, 2.75) is 32.6 Å². The van der Waals surface area contributed by atoms with Crippen molar-refractivity contribution in [1.29, 1.82) is 0 Å². The zero-order valence-corrected chi connectivity index (χ0v) is 17.2. The first-order valence-electron chi connectivity index (χ1n) is 9.16. The molecule has 2 aromatic carbocycles. The maximum absolute atomic E-state index is 12.9. The predicted molar refractivity (Wildman–Crippen MR) is 115 cm³/mol. The number of rotatable bonds is 6. The fraction of sp³-hybridized carbons (Fsp3) is 0.217. The van der Waals surface area contributed by atoms with E-state index in [1.54, 1.807) is 0 Å². The zero-order chi connectivity index (χ0) is 19.2. The largest absolute Gasteiger partial charge is 0.326 e. The van der Waals surface area contributed by atoms with Gasteiger partial charge in [0.25, 0.3) is 0 Å². The summed E-state index contributed by atoms with van der Waals surface area (Å²) in [6, 6.07) is 20.0. The van der Waals surface area contributed by atoms with E-state index in [4.69, 9.17) is 0 Å². The number of aryl methyl sites for hydroxylation is 1. The van der Waals surface area contributed by atoms with Crippen LogP contribution in [0, 0.1) is 6.92 Å².